The molecule has 3 aromatic rings. The zero-order valence-corrected chi connectivity index (χ0v) is 19.0. The second-order valence-corrected chi connectivity index (χ2v) is 8.13. The molecule has 2 aromatic heterocycles. The van der Waals surface area contributed by atoms with Crippen molar-refractivity contribution in [2.24, 2.45) is 5.73 Å². The van der Waals surface area contributed by atoms with Crippen molar-refractivity contribution in [1.29, 1.82) is 0 Å². The van der Waals surface area contributed by atoms with Crippen LogP contribution in [-0.4, -0.2) is 41.0 Å². The van der Waals surface area contributed by atoms with Crippen molar-refractivity contribution >= 4 is 17.4 Å². The molecule has 8 nitrogen and oxygen atoms in total. The summed E-state index contributed by atoms with van der Waals surface area (Å²) in [6.07, 6.45) is 5.83. The van der Waals surface area contributed by atoms with Gasteiger partial charge in [0.25, 0.3) is 5.91 Å². The summed E-state index contributed by atoms with van der Waals surface area (Å²) in [6.45, 7) is 3.62. The normalized spacial score (nSPS) is 15.9. The molecule has 0 spiro atoms. The van der Waals surface area contributed by atoms with Gasteiger partial charge in [-0.1, -0.05) is 12.1 Å². The van der Waals surface area contributed by atoms with Crippen LogP contribution in [0.15, 0.2) is 54.9 Å². The van der Waals surface area contributed by atoms with E-state index in [9.17, 15) is 4.79 Å². The molecule has 0 radical (unpaired) electrons. The van der Waals surface area contributed by atoms with E-state index in [1.165, 1.54) is 0 Å². The predicted octanol–water partition coefficient (Wildman–Crippen LogP) is 3.74. The van der Waals surface area contributed by atoms with Gasteiger partial charge >= 0.3 is 0 Å². The number of carbonyl (C=O) groups excluding carboxylic acids is 1. The maximum absolute atomic E-state index is 11.0. The van der Waals surface area contributed by atoms with Gasteiger partial charge in [0.2, 0.25) is 0 Å². The molecular weight excluding hydrogens is 418 g/mol. The number of methoxy groups -OCH3 is 1. The summed E-state index contributed by atoms with van der Waals surface area (Å²) < 4.78 is 10.9. The number of pyridine rings is 2. The number of primary amides is 1. The molecule has 1 aliphatic heterocycles. The fraction of sp³-hybridized carbons (Fsp3) is 0.320. The van der Waals surface area contributed by atoms with Crippen molar-refractivity contribution in [2.75, 3.05) is 25.6 Å². The molecule has 3 heterocycles. The zero-order valence-electron chi connectivity index (χ0n) is 19.0. The van der Waals surface area contributed by atoms with Crippen molar-refractivity contribution in [3.8, 4) is 11.5 Å². The molecule has 0 unspecified atom stereocenters. The van der Waals surface area contributed by atoms with Gasteiger partial charge in [-0.05, 0) is 67.8 Å². The topological polar surface area (TPSA) is 103 Å². The van der Waals surface area contributed by atoms with Gasteiger partial charge in [0.15, 0.2) is 18.1 Å². The van der Waals surface area contributed by atoms with Gasteiger partial charge in [-0.25, -0.2) is 4.98 Å². The standard InChI is InChI=1S/C25H29N5O3/c1-17-5-3-11-27-25(17)29-19-8-9-20(28-14-19)21-6-4-12-30(21)15-18-7-10-22(23(13-18)32-2)33-16-24(26)31/h3,5,7-11,13-14,21H,4,6,12,15-16H2,1-2H3,(H2,26,31)(H,27,29)/t21-/m1/s1. The molecule has 172 valence electrons. The van der Waals surface area contributed by atoms with Crippen LogP contribution in [0.25, 0.3) is 0 Å². The first-order valence-electron chi connectivity index (χ1n) is 11.0. The number of rotatable bonds is 9. The Bertz CT molecular complexity index is 1100. The molecular formula is C25H29N5O3. The van der Waals surface area contributed by atoms with Gasteiger partial charge in [0, 0.05) is 12.7 Å². The Balaban J connectivity index is 1.43. The number of nitrogens with two attached hydrogens (primary N) is 1. The van der Waals surface area contributed by atoms with Gasteiger partial charge < -0.3 is 20.5 Å². The molecule has 33 heavy (non-hydrogen) atoms. The van der Waals surface area contributed by atoms with Gasteiger partial charge in [-0.3, -0.25) is 14.7 Å². The number of benzene rings is 1. The smallest absolute Gasteiger partial charge is 0.255 e. The third kappa shape index (κ3) is 5.59. The Labute approximate surface area is 193 Å². The van der Waals surface area contributed by atoms with Crippen LogP contribution in [-0.2, 0) is 11.3 Å². The first kappa shape index (κ1) is 22.5. The largest absolute Gasteiger partial charge is 0.493 e. The summed E-state index contributed by atoms with van der Waals surface area (Å²) >= 11 is 0. The maximum Gasteiger partial charge on any atom is 0.255 e. The first-order chi connectivity index (χ1) is 16.0. The van der Waals surface area contributed by atoms with Gasteiger partial charge in [0.1, 0.15) is 5.82 Å². The van der Waals surface area contributed by atoms with E-state index in [0.29, 0.717) is 11.5 Å². The molecule has 0 saturated carbocycles. The predicted molar refractivity (Wildman–Crippen MR) is 127 cm³/mol. The van der Waals surface area contributed by atoms with Crippen LogP contribution >= 0.6 is 0 Å². The zero-order chi connectivity index (χ0) is 23.2. The number of amides is 1. The highest BCUT2D eigenvalue weighted by Crippen LogP contribution is 2.34. The third-order valence-corrected chi connectivity index (χ3v) is 5.75. The van der Waals surface area contributed by atoms with Gasteiger partial charge in [-0.2, -0.15) is 0 Å². The quantitative estimate of drug-likeness (QED) is 0.515. The van der Waals surface area contributed by atoms with E-state index in [1.54, 1.807) is 13.3 Å². The van der Waals surface area contributed by atoms with Crippen molar-refractivity contribution in [3.63, 3.8) is 0 Å². The number of carbonyl (C=O) groups is 1. The van der Waals surface area contributed by atoms with E-state index in [1.807, 2.05) is 43.5 Å². The lowest BCUT2D eigenvalue weighted by Gasteiger charge is -2.24. The Morgan fingerprint density at radius 1 is 1.21 bits per heavy atom. The number of aryl methyl sites for hydroxylation is 1. The molecule has 0 bridgehead atoms. The fourth-order valence-electron chi connectivity index (χ4n) is 4.09. The molecule has 1 saturated heterocycles. The van der Waals surface area contributed by atoms with Crippen molar-refractivity contribution in [1.82, 2.24) is 14.9 Å². The number of hydrogen-bond acceptors (Lipinski definition) is 7. The average Bonchev–Trinajstić information content (AvgIpc) is 3.28. The van der Waals surface area contributed by atoms with E-state index in [0.717, 1.165) is 54.3 Å². The molecule has 1 fully saturated rings. The molecule has 1 aromatic carbocycles. The number of nitrogens with one attached hydrogen (secondary N) is 1. The van der Waals surface area contributed by atoms with Crippen LogP contribution in [0.3, 0.4) is 0 Å². The number of ether oxygens (including phenoxy) is 2. The van der Waals surface area contributed by atoms with E-state index in [2.05, 4.69) is 27.3 Å². The van der Waals surface area contributed by atoms with Gasteiger partial charge in [0.05, 0.1) is 30.7 Å². The molecule has 1 amide bonds. The Morgan fingerprint density at radius 3 is 2.82 bits per heavy atom. The first-order valence-corrected chi connectivity index (χ1v) is 11.0. The van der Waals surface area contributed by atoms with E-state index in [4.69, 9.17) is 20.2 Å². The molecule has 1 atom stereocenters. The molecule has 3 N–H and O–H groups in total. The highest BCUT2D eigenvalue weighted by molar-refractivity contribution is 5.75. The Morgan fingerprint density at radius 2 is 2.09 bits per heavy atom. The minimum Gasteiger partial charge on any atom is -0.493 e. The van der Waals surface area contributed by atoms with Crippen LogP contribution in [0.1, 0.15) is 35.7 Å². The lowest BCUT2D eigenvalue weighted by molar-refractivity contribution is -0.119. The number of anilines is 2. The van der Waals surface area contributed by atoms with Crippen LogP contribution < -0.4 is 20.5 Å². The van der Waals surface area contributed by atoms with Gasteiger partial charge in [-0.15, -0.1) is 0 Å². The highest BCUT2D eigenvalue weighted by Gasteiger charge is 2.27. The third-order valence-electron chi connectivity index (χ3n) is 5.75. The lowest BCUT2D eigenvalue weighted by Crippen LogP contribution is -2.23. The van der Waals surface area contributed by atoms with E-state index < -0.39 is 5.91 Å². The summed E-state index contributed by atoms with van der Waals surface area (Å²) in [6, 6.07) is 14.1. The summed E-state index contributed by atoms with van der Waals surface area (Å²) in [5.74, 6) is 1.41. The van der Waals surface area contributed by atoms with Crippen molar-refractivity contribution in [3.05, 3.63) is 71.7 Å². The second kappa shape index (κ2) is 10.3. The Kier molecular flexibility index (Phi) is 7.04. The summed E-state index contributed by atoms with van der Waals surface area (Å²) in [5.41, 5.74) is 9.34. The van der Waals surface area contributed by atoms with Crippen molar-refractivity contribution in [2.45, 2.75) is 32.4 Å². The monoisotopic (exact) mass is 447 g/mol. The molecule has 1 aliphatic rings. The summed E-state index contributed by atoms with van der Waals surface area (Å²) in [7, 11) is 1.58. The molecule has 8 heteroatoms. The minimum absolute atomic E-state index is 0.180. The highest BCUT2D eigenvalue weighted by atomic mass is 16.5. The van der Waals surface area contributed by atoms with Crippen LogP contribution in [0.2, 0.25) is 0 Å². The number of aromatic nitrogens is 2. The number of likely N-dealkylation sites (tertiary alicyclic amines) is 1. The number of hydrogen-bond donors (Lipinski definition) is 2. The second-order valence-electron chi connectivity index (χ2n) is 8.13. The molecule has 4 rings (SSSR count). The number of nitrogens with zero attached hydrogens (tertiary/aromatic N) is 3. The van der Waals surface area contributed by atoms with E-state index >= 15 is 0 Å². The lowest BCUT2D eigenvalue weighted by atomic mass is 10.1. The Hall–Kier alpha value is -3.65. The molecule has 0 aliphatic carbocycles. The van der Waals surface area contributed by atoms with Crippen LogP contribution in [0, 0.1) is 6.92 Å². The summed E-state index contributed by atoms with van der Waals surface area (Å²) in [4.78, 5) is 22.6. The average molecular weight is 448 g/mol. The fourth-order valence-corrected chi connectivity index (χ4v) is 4.09. The summed E-state index contributed by atoms with van der Waals surface area (Å²) in [5, 5.41) is 3.33. The van der Waals surface area contributed by atoms with Crippen molar-refractivity contribution < 1.29 is 14.3 Å². The minimum atomic E-state index is -0.523. The van der Waals surface area contributed by atoms with E-state index in [-0.39, 0.29) is 12.6 Å². The van der Waals surface area contributed by atoms with Crippen LogP contribution in [0.5, 0.6) is 11.5 Å². The maximum atomic E-state index is 11.0. The van der Waals surface area contributed by atoms with Crippen LogP contribution in [0.4, 0.5) is 11.5 Å². The SMILES string of the molecule is COc1cc(CN2CCC[C@@H]2c2ccc(Nc3ncccc3C)cn2)ccc1OCC(N)=O.